The zero-order chi connectivity index (χ0) is 14.9. The van der Waals surface area contributed by atoms with E-state index in [1.165, 1.54) is 17.0 Å². The van der Waals surface area contributed by atoms with E-state index in [4.69, 9.17) is 5.11 Å². The molecule has 20 heavy (non-hydrogen) atoms. The summed E-state index contributed by atoms with van der Waals surface area (Å²) in [6.07, 6.45) is 0.0743. The fraction of sp³-hybridized carbons (Fsp3) is 0.385. The molecule has 1 heterocycles. The van der Waals surface area contributed by atoms with E-state index < -0.39 is 5.97 Å². The zero-order valence-electron chi connectivity index (χ0n) is 10.8. The number of rotatable bonds is 3. The third-order valence-electron chi connectivity index (χ3n) is 3.22. The number of carbonyl (C=O) groups excluding carboxylic acids is 1. The van der Waals surface area contributed by atoms with Gasteiger partial charge in [-0.25, -0.2) is 9.18 Å². The third-order valence-corrected chi connectivity index (χ3v) is 3.82. The number of aryl methyl sites for hydroxylation is 1. The number of nitrogens with zero attached hydrogens (tertiary/aromatic N) is 1. The maximum atomic E-state index is 13.3. The Kier molecular flexibility index (Phi) is 4.27. The average Bonchev–Trinajstić information content (AvgIpc) is 2.29. The summed E-state index contributed by atoms with van der Waals surface area (Å²) in [5.74, 6) is -1.22. The molecular formula is C13H14BrFN2O3. The normalized spacial score (nSPS) is 14.8. The molecule has 1 saturated heterocycles. The average molecular weight is 345 g/mol. The highest BCUT2D eigenvalue weighted by molar-refractivity contribution is 9.10. The van der Waals surface area contributed by atoms with Crippen LogP contribution in [0.25, 0.3) is 0 Å². The Morgan fingerprint density at radius 3 is 2.75 bits per heavy atom. The first-order valence-corrected chi connectivity index (χ1v) is 6.89. The van der Waals surface area contributed by atoms with Gasteiger partial charge >= 0.3 is 12.0 Å². The lowest BCUT2D eigenvalue weighted by molar-refractivity contribution is -0.139. The minimum Gasteiger partial charge on any atom is -0.481 e. The molecule has 0 atom stereocenters. The molecule has 0 aromatic heterocycles. The summed E-state index contributed by atoms with van der Waals surface area (Å²) >= 11 is 3.07. The lowest BCUT2D eigenvalue weighted by Gasteiger charge is -2.38. The molecule has 1 aromatic carbocycles. The minimum atomic E-state index is -0.853. The molecule has 1 fully saturated rings. The van der Waals surface area contributed by atoms with Gasteiger partial charge in [-0.3, -0.25) is 4.79 Å². The lowest BCUT2D eigenvalue weighted by Crippen LogP contribution is -2.52. The predicted molar refractivity (Wildman–Crippen MR) is 75.2 cm³/mol. The van der Waals surface area contributed by atoms with Crippen LogP contribution in [-0.4, -0.2) is 35.1 Å². The fourth-order valence-corrected chi connectivity index (χ4v) is 2.43. The summed E-state index contributed by atoms with van der Waals surface area (Å²) < 4.78 is 13.6. The largest absolute Gasteiger partial charge is 0.481 e. The van der Waals surface area contributed by atoms with Crippen molar-refractivity contribution in [3.63, 3.8) is 0 Å². The van der Waals surface area contributed by atoms with Crippen molar-refractivity contribution < 1.29 is 19.1 Å². The predicted octanol–water partition coefficient (Wildman–Crippen LogP) is 2.84. The van der Waals surface area contributed by atoms with E-state index in [1.54, 1.807) is 6.92 Å². The van der Waals surface area contributed by atoms with Crippen molar-refractivity contribution in [2.45, 2.75) is 13.3 Å². The van der Waals surface area contributed by atoms with Crippen molar-refractivity contribution in [1.29, 1.82) is 0 Å². The van der Waals surface area contributed by atoms with Crippen LogP contribution in [0.4, 0.5) is 14.9 Å². The van der Waals surface area contributed by atoms with Gasteiger partial charge in [-0.05, 0) is 40.5 Å². The van der Waals surface area contributed by atoms with Gasteiger partial charge in [-0.15, -0.1) is 0 Å². The Morgan fingerprint density at radius 2 is 2.15 bits per heavy atom. The first-order valence-electron chi connectivity index (χ1n) is 6.10. The highest BCUT2D eigenvalue weighted by Gasteiger charge is 2.32. The molecule has 0 unspecified atom stereocenters. The van der Waals surface area contributed by atoms with Crippen molar-refractivity contribution in [2.24, 2.45) is 5.92 Å². The summed E-state index contributed by atoms with van der Waals surface area (Å²) in [5, 5.41) is 11.3. The van der Waals surface area contributed by atoms with Gasteiger partial charge in [0.25, 0.3) is 0 Å². The van der Waals surface area contributed by atoms with Gasteiger partial charge in [0.15, 0.2) is 0 Å². The van der Waals surface area contributed by atoms with E-state index in [0.29, 0.717) is 24.3 Å². The van der Waals surface area contributed by atoms with Crippen LogP contribution in [0.5, 0.6) is 0 Å². The van der Waals surface area contributed by atoms with Gasteiger partial charge in [0.05, 0.1) is 10.9 Å². The molecule has 1 aliphatic rings. The van der Waals surface area contributed by atoms with Crippen molar-refractivity contribution in [2.75, 3.05) is 18.4 Å². The molecule has 2 N–H and O–H groups in total. The van der Waals surface area contributed by atoms with E-state index in [1.807, 2.05) is 0 Å². The molecule has 5 nitrogen and oxygen atoms in total. The number of carboxylic acid groups (broad SMARTS) is 1. The molecule has 7 heteroatoms. The van der Waals surface area contributed by atoms with Crippen LogP contribution in [0.1, 0.15) is 12.0 Å². The Labute approximate surface area is 123 Å². The van der Waals surface area contributed by atoms with Crippen LogP contribution in [-0.2, 0) is 4.79 Å². The Morgan fingerprint density at radius 1 is 1.50 bits per heavy atom. The molecular weight excluding hydrogens is 331 g/mol. The standard InChI is InChI=1S/C13H14BrFN2O3/c1-7-2-10(15)9(14)4-11(7)16-13(20)17-5-8(6-17)3-12(18)19/h2,4,8H,3,5-6H2,1H3,(H,16,20)(H,18,19). The molecule has 108 valence electrons. The van der Waals surface area contributed by atoms with Gasteiger partial charge < -0.3 is 15.3 Å². The van der Waals surface area contributed by atoms with E-state index in [2.05, 4.69) is 21.2 Å². The van der Waals surface area contributed by atoms with Crippen molar-refractivity contribution in [3.8, 4) is 0 Å². The van der Waals surface area contributed by atoms with Crippen LogP contribution in [0, 0.1) is 18.7 Å². The number of aliphatic carboxylic acids is 1. The first kappa shape index (κ1) is 14.8. The molecule has 0 bridgehead atoms. The zero-order valence-corrected chi connectivity index (χ0v) is 12.4. The second kappa shape index (κ2) is 5.78. The highest BCUT2D eigenvalue weighted by atomic mass is 79.9. The van der Waals surface area contributed by atoms with Crippen molar-refractivity contribution >= 4 is 33.6 Å². The Hall–Kier alpha value is -1.63. The third kappa shape index (κ3) is 3.27. The molecule has 2 rings (SSSR count). The van der Waals surface area contributed by atoms with Crippen LogP contribution >= 0.6 is 15.9 Å². The SMILES string of the molecule is Cc1cc(F)c(Br)cc1NC(=O)N1CC(CC(=O)O)C1. The van der Waals surface area contributed by atoms with E-state index in [9.17, 15) is 14.0 Å². The second-order valence-electron chi connectivity index (χ2n) is 4.88. The number of likely N-dealkylation sites (tertiary alicyclic amines) is 1. The molecule has 1 aliphatic heterocycles. The summed E-state index contributed by atoms with van der Waals surface area (Å²) in [5.41, 5.74) is 1.16. The number of urea groups is 1. The number of anilines is 1. The Balaban J connectivity index is 1.93. The summed E-state index contributed by atoms with van der Waals surface area (Å²) in [4.78, 5) is 24.0. The quantitative estimate of drug-likeness (QED) is 0.885. The molecule has 1 aromatic rings. The molecule has 0 spiro atoms. The van der Waals surface area contributed by atoms with Gasteiger partial charge in [-0.2, -0.15) is 0 Å². The number of amides is 2. The lowest BCUT2D eigenvalue weighted by atomic mass is 9.97. The molecule has 0 radical (unpaired) electrons. The number of halogens is 2. The highest BCUT2D eigenvalue weighted by Crippen LogP contribution is 2.26. The van der Waals surface area contributed by atoms with Gasteiger partial charge in [0, 0.05) is 24.7 Å². The number of hydrogen-bond donors (Lipinski definition) is 2. The number of hydrogen-bond acceptors (Lipinski definition) is 2. The number of nitrogens with one attached hydrogen (secondary N) is 1. The molecule has 2 amide bonds. The van der Waals surface area contributed by atoms with Crippen LogP contribution in [0.15, 0.2) is 16.6 Å². The maximum absolute atomic E-state index is 13.3. The van der Waals surface area contributed by atoms with Gasteiger partial charge in [0.1, 0.15) is 5.82 Å². The smallest absolute Gasteiger partial charge is 0.321 e. The summed E-state index contributed by atoms with van der Waals surface area (Å²) in [6.45, 7) is 2.56. The van der Waals surface area contributed by atoms with Gasteiger partial charge in [0.2, 0.25) is 0 Å². The van der Waals surface area contributed by atoms with Crippen LogP contribution in [0.3, 0.4) is 0 Å². The topological polar surface area (TPSA) is 69.6 Å². The number of benzene rings is 1. The second-order valence-corrected chi connectivity index (χ2v) is 5.73. The van der Waals surface area contributed by atoms with E-state index >= 15 is 0 Å². The fourth-order valence-electron chi connectivity index (χ4n) is 2.09. The monoisotopic (exact) mass is 344 g/mol. The summed E-state index contributed by atoms with van der Waals surface area (Å²) in [7, 11) is 0. The van der Waals surface area contributed by atoms with Gasteiger partial charge in [-0.1, -0.05) is 0 Å². The summed E-state index contributed by atoms with van der Waals surface area (Å²) in [6, 6.07) is 2.55. The number of carboxylic acids is 1. The van der Waals surface area contributed by atoms with E-state index in [0.717, 1.165) is 0 Å². The van der Waals surface area contributed by atoms with Crippen LogP contribution < -0.4 is 5.32 Å². The van der Waals surface area contributed by atoms with Crippen LogP contribution in [0.2, 0.25) is 0 Å². The molecule has 0 aliphatic carbocycles. The molecule has 0 saturated carbocycles. The first-order chi connectivity index (χ1) is 9.36. The number of carbonyl (C=O) groups is 2. The van der Waals surface area contributed by atoms with E-state index in [-0.39, 0.29) is 28.7 Å². The Bertz CT molecular complexity index is 559. The minimum absolute atomic E-state index is 0.0132. The van der Waals surface area contributed by atoms with Crippen molar-refractivity contribution in [3.05, 3.63) is 28.0 Å². The maximum Gasteiger partial charge on any atom is 0.321 e. The van der Waals surface area contributed by atoms with Crippen molar-refractivity contribution in [1.82, 2.24) is 4.90 Å².